The van der Waals surface area contributed by atoms with Gasteiger partial charge in [-0.3, -0.25) is 0 Å². The molecule has 0 spiro atoms. The third-order valence-electron chi connectivity index (χ3n) is 3.37. The van der Waals surface area contributed by atoms with Gasteiger partial charge >= 0.3 is 6.18 Å². The third kappa shape index (κ3) is 3.61. The number of fused-ring (bicyclic) bond motifs is 1. The van der Waals surface area contributed by atoms with Crippen LogP contribution in [0.4, 0.5) is 17.6 Å². The van der Waals surface area contributed by atoms with E-state index in [2.05, 4.69) is 10.1 Å². The van der Waals surface area contributed by atoms with E-state index >= 15 is 0 Å². The molecule has 1 N–H and O–H groups in total. The molecule has 0 aliphatic heterocycles. The molecule has 3 rings (SSSR count). The molecule has 3 aromatic rings. The number of pyridine rings is 1. The van der Waals surface area contributed by atoms with Crippen molar-refractivity contribution >= 4 is 15.7 Å². The monoisotopic (exact) mass is 374 g/mol. The van der Waals surface area contributed by atoms with Gasteiger partial charge in [0.1, 0.15) is 18.2 Å². The Bertz CT molecular complexity index is 1000. The lowest BCUT2D eigenvalue weighted by atomic mass is 10.1. The maximum Gasteiger partial charge on any atom is 0.408 e. The smallest absolute Gasteiger partial charge is 0.221 e. The summed E-state index contributed by atoms with van der Waals surface area (Å²) >= 11 is 0. The first-order valence-electron chi connectivity index (χ1n) is 6.81. The number of nitrogens with zero attached hydrogens (tertiary/aromatic N) is 3. The fourth-order valence-electron chi connectivity index (χ4n) is 2.17. The largest absolute Gasteiger partial charge is 0.408 e. The molecular weight excluding hydrogens is 364 g/mol. The lowest BCUT2D eigenvalue weighted by molar-refractivity contribution is -0.153. The van der Waals surface area contributed by atoms with E-state index in [-0.39, 0.29) is 5.65 Å². The van der Waals surface area contributed by atoms with E-state index in [9.17, 15) is 26.0 Å². The minimum atomic E-state index is -4.91. The first-order chi connectivity index (χ1) is 11.7. The molecule has 0 saturated carbocycles. The zero-order chi connectivity index (χ0) is 18.2. The summed E-state index contributed by atoms with van der Waals surface area (Å²) in [6.07, 6.45) is -2.47. The molecule has 0 fully saturated rings. The molecule has 25 heavy (non-hydrogen) atoms. The number of hydrogen-bond acceptors (Lipinski definition) is 4. The second-order valence-corrected chi connectivity index (χ2v) is 6.79. The van der Waals surface area contributed by atoms with Crippen molar-refractivity contribution in [3.8, 4) is 0 Å². The zero-order valence-corrected chi connectivity index (χ0v) is 13.1. The van der Waals surface area contributed by atoms with Crippen LogP contribution in [0.3, 0.4) is 0 Å². The van der Waals surface area contributed by atoms with E-state index in [1.807, 2.05) is 0 Å². The Hall–Kier alpha value is -2.53. The second-order valence-electron chi connectivity index (χ2n) is 5.07. The molecular formula is C14H10F4N4O2S. The number of nitrogens with one attached hydrogen (secondary N) is 1. The molecule has 2 aromatic heterocycles. The van der Waals surface area contributed by atoms with Crippen molar-refractivity contribution in [2.75, 3.05) is 0 Å². The predicted octanol–water partition coefficient (Wildman–Crippen LogP) is 2.45. The van der Waals surface area contributed by atoms with Gasteiger partial charge in [0.15, 0.2) is 5.65 Å². The molecule has 1 aromatic carbocycles. The van der Waals surface area contributed by atoms with Crippen molar-refractivity contribution in [2.24, 2.45) is 0 Å². The quantitative estimate of drug-likeness (QED) is 0.712. The summed E-state index contributed by atoms with van der Waals surface area (Å²) in [6.45, 7) is 0. The minimum absolute atomic E-state index is 0.160. The van der Waals surface area contributed by atoms with Crippen LogP contribution in [0.1, 0.15) is 11.6 Å². The summed E-state index contributed by atoms with van der Waals surface area (Å²) in [5.74, 6) is -0.732. The number of rotatable bonds is 4. The average molecular weight is 374 g/mol. The van der Waals surface area contributed by atoms with Gasteiger partial charge in [-0.25, -0.2) is 22.3 Å². The Balaban J connectivity index is 1.98. The van der Waals surface area contributed by atoms with E-state index in [0.717, 1.165) is 36.4 Å². The molecule has 6 nitrogen and oxygen atoms in total. The fourth-order valence-corrected chi connectivity index (χ4v) is 3.38. The molecule has 1 unspecified atom stereocenters. The summed E-state index contributed by atoms with van der Waals surface area (Å²) in [4.78, 5) is 3.39. The SMILES string of the molecule is O=S(=O)(NC(c1ccc(F)cc1)C(F)(F)F)c1ccn2ncnc2c1. The van der Waals surface area contributed by atoms with Crippen molar-refractivity contribution < 1.29 is 26.0 Å². The van der Waals surface area contributed by atoms with Gasteiger partial charge in [0.05, 0.1) is 4.90 Å². The van der Waals surface area contributed by atoms with Crippen LogP contribution in [0, 0.1) is 5.82 Å². The molecule has 0 amide bonds. The number of hydrogen-bond donors (Lipinski definition) is 1. The highest BCUT2D eigenvalue weighted by Gasteiger charge is 2.43. The first kappa shape index (κ1) is 17.3. The molecule has 1 atom stereocenters. The van der Waals surface area contributed by atoms with Crippen LogP contribution >= 0.6 is 0 Å². The second kappa shape index (κ2) is 6.08. The number of aromatic nitrogens is 3. The van der Waals surface area contributed by atoms with Gasteiger partial charge in [0.2, 0.25) is 10.0 Å². The van der Waals surface area contributed by atoms with E-state index in [4.69, 9.17) is 0 Å². The molecule has 11 heteroatoms. The molecule has 0 aliphatic carbocycles. The minimum Gasteiger partial charge on any atom is -0.221 e. The van der Waals surface area contributed by atoms with Gasteiger partial charge in [-0.05, 0) is 23.8 Å². The van der Waals surface area contributed by atoms with Crippen LogP contribution in [0.5, 0.6) is 0 Å². The van der Waals surface area contributed by atoms with E-state index in [1.165, 1.54) is 17.0 Å². The van der Waals surface area contributed by atoms with Crippen LogP contribution in [0.25, 0.3) is 5.65 Å². The van der Waals surface area contributed by atoms with Crippen molar-refractivity contribution in [1.82, 2.24) is 19.3 Å². The molecule has 2 heterocycles. The van der Waals surface area contributed by atoms with Gasteiger partial charge in [-0.2, -0.15) is 23.0 Å². The van der Waals surface area contributed by atoms with Crippen LogP contribution in [-0.2, 0) is 10.0 Å². The lowest BCUT2D eigenvalue weighted by Crippen LogP contribution is -2.38. The third-order valence-corrected chi connectivity index (χ3v) is 4.79. The predicted molar refractivity (Wildman–Crippen MR) is 78.5 cm³/mol. The van der Waals surface area contributed by atoms with Gasteiger partial charge in [-0.1, -0.05) is 12.1 Å². The maximum absolute atomic E-state index is 13.3. The van der Waals surface area contributed by atoms with Crippen molar-refractivity contribution in [3.63, 3.8) is 0 Å². The van der Waals surface area contributed by atoms with E-state index in [0.29, 0.717) is 0 Å². The Morgan fingerprint density at radius 3 is 2.44 bits per heavy atom. The van der Waals surface area contributed by atoms with Crippen LogP contribution < -0.4 is 4.72 Å². The summed E-state index contributed by atoms with van der Waals surface area (Å²) in [7, 11) is -4.52. The van der Waals surface area contributed by atoms with Gasteiger partial charge in [-0.15, -0.1) is 0 Å². The molecule has 0 radical (unpaired) electrons. The normalized spacial score (nSPS) is 13.9. The maximum atomic E-state index is 13.3. The molecule has 0 saturated heterocycles. The summed E-state index contributed by atoms with van der Waals surface area (Å²) in [5.41, 5.74) is -0.269. The molecule has 0 aliphatic rings. The highest BCUT2D eigenvalue weighted by molar-refractivity contribution is 7.89. The first-order valence-corrected chi connectivity index (χ1v) is 8.29. The highest BCUT2D eigenvalue weighted by atomic mass is 32.2. The van der Waals surface area contributed by atoms with Crippen LogP contribution in [0.2, 0.25) is 0 Å². The van der Waals surface area contributed by atoms with Crippen LogP contribution in [-0.4, -0.2) is 29.2 Å². The van der Waals surface area contributed by atoms with Crippen LogP contribution in [0.15, 0.2) is 53.8 Å². The van der Waals surface area contributed by atoms with Gasteiger partial charge in [0.25, 0.3) is 0 Å². The average Bonchev–Trinajstić information content (AvgIpc) is 3.00. The van der Waals surface area contributed by atoms with E-state index < -0.39 is 38.5 Å². The van der Waals surface area contributed by atoms with Crippen molar-refractivity contribution in [3.05, 3.63) is 60.3 Å². The number of halogens is 4. The standard InChI is InChI=1S/C14H10F4N4O2S/c15-10-3-1-9(2-4-10)13(14(16,17)18)21-25(23,24)11-5-6-22-12(7-11)19-8-20-22/h1-8,13,21H. The van der Waals surface area contributed by atoms with E-state index in [1.54, 1.807) is 4.72 Å². The van der Waals surface area contributed by atoms with Crippen molar-refractivity contribution in [1.29, 1.82) is 0 Å². The van der Waals surface area contributed by atoms with Crippen molar-refractivity contribution in [2.45, 2.75) is 17.1 Å². The molecule has 0 bridgehead atoms. The topological polar surface area (TPSA) is 76.4 Å². The number of alkyl halides is 3. The highest BCUT2D eigenvalue weighted by Crippen LogP contribution is 2.34. The van der Waals surface area contributed by atoms with Gasteiger partial charge in [0, 0.05) is 12.3 Å². The molecule has 132 valence electrons. The fraction of sp³-hybridized carbons (Fsp3) is 0.143. The summed E-state index contributed by atoms with van der Waals surface area (Å²) < 4.78 is 80.4. The summed E-state index contributed by atoms with van der Waals surface area (Å²) in [5, 5.41) is 3.77. The Labute approximate surface area is 139 Å². The Kier molecular flexibility index (Phi) is 4.21. The van der Waals surface area contributed by atoms with Gasteiger partial charge < -0.3 is 0 Å². The Morgan fingerprint density at radius 1 is 1.12 bits per heavy atom. The number of sulfonamides is 1. The number of benzene rings is 1. The Morgan fingerprint density at radius 2 is 1.80 bits per heavy atom. The lowest BCUT2D eigenvalue weighted by Gasteiger charge is -2.22. The zero-order valence-electron chi connectivity index (χ0n) is 12.3. The summed E-state index contributed by atoms with van der Waals surface area (Å²) in [6, 6.07) is 3.06.